The molecule has 86 valence electrons. The number of nitrogens with one attached hydrogen (secondary N) is 1. The highest BCUT2D eigenvalue weighted by Crippen LogP contribution is 2.23. The molecule has 0 fully saturated rings. The quantitative estimate of drug-likeness (QED) is 0.757. The molecule has 1 N–H and O–H groups in total. The number of hydrogen-bond donors (Lipinski definition) is 1. The van der Waals surface area contributed by atoms with E-state index in [4.69, 9.17) is 0 Å². The summed E-state index contributed by atoms with van der Waals surface area (Å²) in [5, 5.41) is 0. The van der Waals surface area contributed by atoms with E-state index in [1.807, 2.05) is 0 Å². The summed E-state index contributed by atoms with van der Waals surface area (Å²) in [7, 11) is 0. The molecule has 0 aliphatic rings. The summed E-state index contributed by atoms with van der Waals surface area (Å²) in [4.78, 5) is 5.64. The van der Waals surface area contributed by atoms with E-state index in [9.17, 15) is 22.0 Å². The second-order valence-electron chi connectivity index (χ2n) is 3.26. The SMILES string of the molecule is Fc1cc(F)c2nc(CC(F)(F)F)[nH]c2c1. The van der Waals surface area contributed by atoms with Crippen LogP contribution in [0.1, 0.15) is 5.82 Å². The third kappa shape index (κ3) is 2.12. The molecule has 1 heterocycles. The Morgan fingerprint density at radius 1 is 1.19 bits per heavy atom. The van der Waals surface area contributed by atoms with Gasteiger partial charge in [0.1, 0.15) is 23.6 Å². The summed E-state index contributed by atoms with van der Waals surface area (Å²) in [6, 6.07) is 1.46. The smallest absolute Gasteiger partial charge is 0.342 e. The summed E-state index contributed by atoms with van der Waals surface area (Å²) in [5.41, 5.74) is -0.377. The average Bonchev–Trinajstić information content (AvgIpc) is 2.43. The van der Waals surface area contributed by atoms with Gasteiger partial charge in [-0.25, -0.2) is 13.8 Å². The number of fused-ring (bicyclic) bond motifs is 1. The molecular formula is C9H5F5N2. The van der Waals surface area contributed by atoms with Crippen molar-refractivity contribution >= 4 is 11.0 Å². The van der Waals surface area contributed by atoms with Crippen molar-refractivity contribution in [3.63, 3.8) is 0 Å². The topological polar surface area (TPSA) is 28.7 Å². The summed E-state index contributed by atoms with van der Waals surface area (Å²) in [6.07, 6.45) is -5.74. The number of halogens is 5. The van der Waals surface area contributed by atoms with Crippen molar-refractivity contribution in [3.8, 4) is 0 Å². The Balaban J connectivity index is 2.48. The van der Waals surface area contributed by atoms with E-state index in [2.05, 4.69) is 9.97 Å². The summed E-state index contributed by atoms with van der Waals surface area (Å²) < 4.78 is 61.9. The van der Waals surface area contributed by atoms with Crippen LogP contribution < -0.4 is 0 Å². The Hall–Kier alpha value is -1.66. The maximum absolute atomic E-state index is 13.1. The van der Waals surface area contributed by atoms with Gasteiger partial charge in [-0.1, -0.05) is 0 Å². The van der Waals surface area contributed by atoms with E-state index in [-0.39, 0.29) is 11.0 Å². The zero-order valence-corrected chi connectivity index (χ0v) is 7.70. The van der Waals surface area contributed by atoms with Crippen LogP contribution >= 0.6 is 0 Å². The minimum Gasteiger partial charge on any atom is -0.342 e. The lowest BCUT2D eigenvalue weighted by Crippen LogP contribution is -2.12. The highest BCUT2D eigenvalue weighted by atomic mass is 19.4. The molecule has 0 amide bonds. The lowest BCUT2D eigenvalue weighted by atomic mass is 10.3. The van der Waals surface area contributed by atoms with Gasteiger partial charge in [0, 0.05) is 6.07 Å². The Morgan fingerprint density at radius 3 is 2.50 bits per heavy atom. The lowest BCUT2D eigenvalue weighted by Gasteiger charge is -2.01. The Labute approximate surface area is 86.1 Å². The number of aromatic amines is 1. The monoisotopic (exact) mass is 236 g/mol. The summed E-state index contributed by atoms with van der Waals surface area (Å²) in [5.74, 6) is -2.29. The molecule has 2 rings (SSSR count). The molecule has 0 spiro atoms. The number of rotatable bonds is 1. The van der Waals surface area contributed by atoms with Crippen LogP contribution in [0.4, 0.5) is 22.0 Å². The van der Waals surface area contributed by atoms with Crippen molar-refractivity contribution in [1.29, 1.82) is 0 Å². The summed E-state index contributed by atoms with van der Waals surface area (Å²) in [6.45, 7) is 0. The molecule has 16 heavy (non-hydrogen) atoms. The van der Waals surface area contributed by atoms with Crippen molar-refractivity contribution in [2.75, 3.05) is 0 Å². The minimum atomic E-state index is -4.44. The van der Waals surface area contributed by atoms with E-state index in [1.54, 1.807) is 0 Å². The standard InChI is InChI=1S/C9H5F5N2/c10-4-1-5(11)8-6(2-4)15-7(16-8)3-9(12,13)14/h1-2H,3H2,(H,15,16). The molecule has 2 aromatic rings. The van der Waals surface area contributed by atoms with Crippen LogP contribution in [0.2, 0.25) is 0 Å². The Morgan fingerprint density at radius 2 is 1.88 bits per heavy atom. The maximum Gasteiger partial charge on any atom is 0.396 e. The first-order chi connectivity index (χ1) is 7.35. The number of alkyl halides is 3. The molecule has 2 nitrogen and oxygen atoms in total. The number of imidazole rings is 1. The van der Waals surface area contributed by atoms with Crippen molar-refractivity contribution in [2.45, 2.75) is 12.6 Å². The van der Waals surface area contributed by atoms with Crippen molar-refractivity contribution < 1.29 is 22.0 Å². The second kappa shape index (κ2) is 3.43. The fourth-order valence-electron chi connectivity index (χ4n) is 1.37. The van der Waals surface area contributed by atoms with Crippen LogP contribution in [0.3, 0.4) is 0 Å². The van der Waals surface area contributed by atoms with Gasteiger partial charge in [0.25, 0.3) is 0 Å². The first kappa shape index (κ1) is 10.8. The first-order valence-corrected chi connectivity index (χ1v) is 4.25. The zero-order valence-electron chi connectivity index (χ0n) is 7.70. The van der Waals surface area contributed by atoms with E-state index in [1.165, 1.54) is 0 Å². The van der Waals surface area contributed by atoms with Gasteiger partial charge in [-0.05, 0) is 6.07 Å². The van der Waals surface area contributed by atoms with Gasteiger partial charge in [-0.3, -0.25) is 0 Å². The van der Waals surface area contributed by atoms with Gasteiger partial charge in [-0.2, -0.15) is 13.2 Å². The van der Waals surface area contributed by atoms with Crippen molar-refractivity contribution in [2.24, 2.45) is 0 Å². The van der Waals surface area contributed by atoms with Crippen LogP contribution in [0, 0.1) is 11.6 Å². The van der Waals surface area contributed by atoms with Crippen LogP contribution in [0.15, 0.2) is 12.1 Å². The molecule has 0 radical (unpaired) electrons. The number of nitrogens with zero attached hydrogens (tertiary/aromatic N) is 1. The minimum absolute atomic E-state index is 0.0863. The van der Waals surface area contributed by atoms with E-state index >= 15 is 0 Å². The fourth-order valence-corrected chi connectivity index (χ4v) is 1.37. The molecule has 0 aliphatic carbocycles. The second-order valence-corrected chi connectivity index (χ2v) is 3.26. The van der Waals surface area contributed by atoms with Gasteiger partial charge in [0.05, 0.1) is 5.52 Å². The molecule has 0 saturated heterocycles. The normalized spacial score (nSPS) is 12.3. The van der Waals surface area contributed by atoms with E-state index < -0.39 is 30.1 Å². The number of aromatic nitrogens is 2. The molecule has 0 aliphatic heterocycles. The van der Waals surface area contributed by atoms with Crippen molar-refractivity contribution in [1.82, 2.24) is 9.97 Å². The fraction of sp³-hybridized carbons (Fsp3) is 0.222. The predicted molar refractivity (Wildman–Crippen MR) is 45.8 cm³/mol. The zero-order chi connectivity index (χ0) is 11.9. The number of benzene rings is 1. The molecular weight excluding hydrogens is 231 g/mol. The van der Waals surface area contributed by atoms with E-state index in [0.717, 1.165) is 6.07 Å². The molecule has 0 saturated carbocycles. The number of H-pyrrole nitrogens is 1. The van der Waals surface area contributed by atoms with Gasteiger partial charge in [0.15, 0.2) is 5.82 Å². The van der Waals surface area contributed by atoms with Gasteiger partial charge < -0.3 is 4.98 Å². The van der Waals surface area contributed by atoms with Crippen LogP contribution in [-0.4, -0.2) is 16.1 Å². The largest absolute Gasteiger partial charge is 0.396 e. The molecule has 1 aromatic heterocycles. The van der Waals surface area contributed by atoms with Crippen molar-refractivity contribution in [3.05, 3.63) is 29.6 Å². The highest BCUT2D eigenvalue weighted by Gasteiger charge is 2.29. The third-order valence-corrected chi connectivity index (χ3v) is 1.92. The molecule has 0 bridgehead atoms. The van der Waals surface area contributed by atoms with Gasteiger partial charge in [-0.15, -0.1) is 0 Å². The Bertz CT molecular complexity index is 528. The number of hydrogen-bond acceptors (Lipinski definition) is 1. The van der Waals surface area contributed by atoms with Gasteiger partial charge in [0.2, 0.25) is 0 Å². The third-order valence-electron chi connectivity index (χ3n) is 1.92. The predicted octanol–water partition coefficient (Wildman–Crippen LogP) is 2.95. The summed E-state index contributed by atoms with van der Waals surface area (Å²) >= 11 is 0. The Kier molecular flexibility index (Phi) is 2.32. The molecule has 7 heteroatoms. The highest BCUT2D eigenvalue weighted by molar-refractivity contribution is 5.75. The van der Waals surface area contributed by atoms with Crippen LogP contribution in [-0.2, 0) is 6.42 Å². The van der Waals surface area contributed by atoms with Crippen LogP contribution in [0.25, 0.3) is 11.0 Å². The first-order valence-electron chi connectivity index (χ1n) is 4.25. The molecule has 1 aromatic carbocycles. The molecule has 0 unspecified atom stereocenters. The average molecular weight is 236 g/mol. The van der Waals surface area contributed by atoms with Crippen LogP contribution in [0.5, 0.6) is 0 Å². The van der Waals surface area contributed by atoms with E-state index in [0.29, 0.717) is 6.07 Å². The lowest BCUT2D eigenvalue weighted by molar-refractivity contribution is -0.128. The maximum atomic E-state index is 13.1. The van der Waals surface area contributed by atoms with Gasteiger partial charge >= 0.3 is 6.18 Å². The molecule has 0 atom stereocenters.